The maximum Gasteiger partial charge on any atom is 0.146 e. The van der Waals surface area contributed by atoms with Crippen LogP contribution < -0.4 is 15.8 Å². The van der Waals surface area contributed by atoms with E-state index in [9.17, 15) is 4.39 Å². The maximum absolute atomic E-state index is 14.0. The third kappa shape index (κ3) is 3.42. The van der Waals surface area contributed by atoms with E-state index in [1.54, 1.807) is 19.2 Å². The lowest BCUT2D eigenvalue weighted by molar-refractivity contribution is 0.402. The predicted molar refractivity (Wildman–Crippen MR) is 80.6 cm³/mol. The highest BCUT2D eigenvalue weighted by atomic mass is 19.1. The van der Waals surface area contributed by atoms with E-state index in [2.05, 4.69) is 12.2 Å². The van der Waals surface area contributed by atoms with Crippen LogP contribution >= 0.6 is 0 Å². The average Bonchev–Trinajstić information content (AvgIpc) is 2.64. The summed E-state index contributed by atoms with van der Waals surface area (Å²) >= 11 is 0. The van der Waals surface area contributed by atoms with Gasteiger partial charge in [0.25, 0.3) is 0 Å². The summed E-state index contributed by atoms with van der Waals surface area (Å²) in [7, 11) is 1.59. The van der Waals surface area contributed by atoms with Gasteiger partial charge >= 0.3 is 0 Å². The smallest absolute Gasteiger partial charge is 0.146 e. The largest absolute Gasteiger partial charge is 0.497 e. The topological polar surface area (TPSA) is 47.3 Å². The number of halogens is 1. The molecule has 1 aromatic rings. The van der Waals surface area contributed by atoms with E-state index >= 15 is 0 Å². The van der Waals surface area contributed by atoms with Gasteiger partial charge in [0, 0.05) is 18.2 Å². The molecule has 2 unspecified atom stereocenters. The molecule has 2 rings (SSSR count). The van der Waals surface area contributed by atoms with Crippen LogP contribution in [0.25, 0.3) is 0 Å². The molecule has 1 saturated carbocycles. The monoisotopic (exact) mass is 280 g/mol. The van der Waals surface area contributed by atoms with Gasteiger partial charge in [-0.15, -0.1) is 0 Å². The van der Waals surface area contributed by atoms with Gasteiger partial charge in [-0.3, -0.25) is 0 Å². The van der Waals surface area contributed by atoms with Crippen molar-refractivity contribution in [2.75, 3.05) is 19.0 Å². The minimum atomic E-state index is -0.254. The Labute approximate surface area is 120 Å². The highest BCUT2D eigenvalue weighted by molar-refractivity contribution is 5.51. The summed E-state index contributed by atoms with van der Waals surface area (Å²) in [5.74, 6) is 1.12. The average molecular weight is 280 g/mol. The first-order chi connectivity index (χ1) is 9.58. The van der Waals surface area contributed by atoms with E-state index in [0.29, 0.717) is 18.0 Å². The highest BCUT2D eigenvalue weighted by Crippen LogP contribution is 2.34. The van der Waals surface area contributed by atoms with Crippen LogP contribution in [0.1, 0.15) is 39.0 Å². The van der Waals surface area contributed by atoms with Crippen LogP contribution in [0.5, 0.6) is 5.75 Å². The van der Waals surface area contributed by atoms with Gasteiger partial charge in [-0.25, -0.2) is 4.39 Å². The van der Waals surface area contributed by atoms with E-state index < -0.39 is 0 Å². The molecular weight excluding hydrogens is 255 g/mol. The summed E-state index contributed by atoms with van der Waals surface area (Å²) in [6, 6.07) is 4.77. The zero-order chi connectivity index (χ0) is 14.6. The van der Waals surface area contributed by atoms with Gasteiger partial charge in [-0.2, -0.15) is 0 Å². The van der Waals surface area contributed by atoms with Crippen molar-refractivity contribution in [2.45, 2.75) is 44.6 Å². The lowest BCUT2D eigenvalue weighted by Crippen LogP contribution is -2.45. The lowest BCUT2D eigenvalue weighted by atomic mass is 9.89. The minimum Gasteiger partial charge on any atom is -0.497 e. The fourth-order valence-electron chi connectivity index (χ4n) is 2.97. The van der Waals surface area contributed by atoms with Gasteiger partial charge in [0.05, 0.1) is 12.8 Å². The first-order valence-electron chi connectivity index (χ1n) is 7.40. The lowest BCUT2D eigenvalue weighted by Gasteiger charge is -2.34. The third-order valence-corrected chi connectivity index (χ3v) is 4.43. The van der Waals surface area contributed by atoms with Crippen LogP contribution in [0.3, 0.4) is 0 Å². The van der Waals surface area contributed by atoms with Crippen molar-refractivity contribution in [3.8, 4) is 5.75 Å². The summed E-state index contributed by atoms with van der Waals surface area (Å²) in [6.07, 6.45) is 5.47. The molecule has 0 radical (unpaired) electrons. The second-order valence-electron chi connectivity index (χ2n) is 5.99. The number of benzene rings is 1. The molecule has 1 aromatic carbocycles. The fraction of sp³-hybridized carbons (Fsp3) is 0.625. The van der Waals surface area contributed by atoms with E-state index in [1.807, 2.05) is 0 Å². The standard InChI is InChI=1S/C16H25FN2O/c1-12-4-3-8-16(11-18,9-7-12)19-15-10-13(20-2)5-6-14(15)17/h5-6,10,12,19H,3-4,7-9,11,18H2,1-2H3. The maximum atomic E-state index is 14.0. The molecule has 3 nitrogen and oxygen atoms in total. The zero-order valence-corrected chi connectivity index (χ0v) is 12.4. The SMILES string of the molecule is COc1ccc(F)c(NC2(CN)CCCC(C)CC2)c1. The second-order valence-corrected chi connectivity index (χ2v) is 5.99. The van der Waals surface area contributed by atoms with Crippen LogP contribution in [-0.4, -0.2) is 19.2 Å². The Bertz CT molecular complexity index is 452. The van der Waals surface area contributed by atoms with Crippen molar-refractivity contribution >= 4 is 5.69 Å². The molecular formula is C16H25FN2O. The molecule has 0 spiro atoms. The molecule has 3 N–H and O–H groups in total. The van der Waals surface area contributed by atoms with E-state index in [0.717, 1.165) is 31.6 Å². The Kier molecular flexibility index (Phi) is 4.86. The van der Waals surface area contributed by atoms with Gasteiger partial charge in [-0.1, -0.05) is 19.8 Å². The normalized spacial score (nSPS) is 26.9. The number of nitrogens with two attached hydrogens (primary N) is 1. The Morgan fingerprint density at radius 2 is 2.20 bits per heavy atom. The molecule has 1 aliphatic carbocycles. The summed E-state index contributed by atoms with van der Waals surface area (Å²) in [6.45, 7) is 2.80. The van der Waals surface area contributed by atoms with Crippen LogP contribution in [-0.2, 0) is 0 Å². The van der Waals surface area contributed by atoms with Crippen molar-refractivity contribution in [1.29, 1.82) is 0 Å². The van der Waals surface area contributed by atoms with Gasteiger partial charge in [0.1, 0.15) is 11.6 Å². The summed E-state index contributed by atoms with van der Waals surface area (Å²) in [4.78, 5) is 0. The van der Waals surface area contributed by atoms with Crippen molar-refractivity contribution in [3.63, 3.8) is 0 Å². The molecule has 1 fully saturated rings. The first-order valence-corrected chi connectivity index (χ1v) is 7.40. The van der Waals surface area contributed by atoms with Crippen molar-refractivity contribution in [1.82, 2.24) is 0 Å². The molecule has 0 amide bonds. The Hall–Kier alpha value is -1.29. The number of nitrogens with one attached hydrogen (secondary N) is 1. The Balaban J connectivity index is 2.20. The number of ether oxygens (including phenoxy) is 1. The van der Waals surface area contributed by atoms with Crippen molar-refractivity contribution in [3.05, 3.63) is 24.0 Å². The van der Waals surface area contributed by atoms with Gasteiger partial charge < -0.3 is 15.8 Å². The predicted octanol–water partition coefficient (Wildman–Crippen LogP) is 3.54. The first kappa shape index (κ1) is 15.1. The van der Waals surface area contributed by atoms with Crippen molar-refractivity contribution in [2.24, 2.45) is 11.7 Å². The molecule has 4 heteroatoms. The zero-order valence-electron chi connectivity index (χ0n) is 12.4. The molecule has 20 heavy (non-hydrogen) atoms. The molecule has 1 aliphatic rings. The van der Waals surface area contributed by atoms with Crippen LogP contribution in [0.2, 0.25) is 0 Å². The Morgan fingerprint density at radius 1 is 1.40 bits per heavy atom. The summed E-state index contributed by atoms with van der Waals surface area (Å²) < 4.78 is 19.2. The van der Waals surface area contributed by atoms with E-state index in [1.165, 1.54) is 12.5 Å². The fourth-order valence-corrected chi connectivity index (χ4v) is 2.97. The number of anilines is 1. The molecule has 0 saturated heterocycles. The van der Waals surface area contributed by atoms with Crippen LogP contribution in [0.15, 0.2) is 18.2 Å². The summed E-state index contributed by atoms with van der Waals surface area (Å²) in [5.41, 5.74) is 6.30. The van der Waals surface area contributed by atoms with E-state index in [4.69, 9.17) is 10.5 Å². The van der Waals surface area contributed by atoms with Crippen molar-refractivity contribution < 1.29 is 9.13 Å². The third-order valence-electron chi connectivity index (χ3n) is 4.43. The second kappa shape index (κ2) is 6.44. The van der Waals surface area contributed by atoms with Gasteiger partial charge in [0.15, 0.2) is 0 Å². The molecule has 112 valence electrons. The quantitative estimate of drug-likeness (QED) is 0.829. The van der Waals surface area contributed by atoms with Gasteiger partial charge in [0.2, 0.25) is 0 Å². The minimum absolute atomic E-state index is 0.196. The number of hydrogen-bond donors (Lipinski definition) is 2. The van der Waals surface area contributed by atoms with Gasteiger partial charge in [-0.05, 0) is 37.3 Å². The number of hydrogen-bond acceptors (Lipinski definition) is 3. The number of methoxy groups -OCH3 is 1. The van der Waals surface area contributed by atoms with Crippen LogP contribution in [0, 0.1) is 11.7 Å². The molecule has 0 heterocycles. The van der Waals surface area contributed by atoms with Crippen LogP contribution in [0.4, 0.5) is 10.1 Å². The van der Waals surface area contributed by atoms with E-state index in [-0.39, 0.29) is 11.4 Å². The molecule has 0 bridgehead atoms. The molecule has 0 aromatic heterocycles. The Morgan fingerprint density at radius 3 is 2.90 bits per heavy atom. The number of rotatable bonds is 4. The molecule has 0 aliphatic heterocycles. The highest BCUT2D eigenvalue weighted by Gasteiger charge is 2.31. The summed E-state index contributed by atoms with van der Waals surface area (Å²) in [5, 5.41) is 3.37. The molecule has 2 atom stereocenters.